The Morgan fingerprint density at radius 3 is 2.52 bits per heavy atom. The van der Waals surface area contributed by atoms with E-state index in [2.05, 4.69) is 24.5 Å². The molecule has 2 rings (SSSR count). The third kappa shape index (κ3) is 7.49. The zero-order valence-corrected chi connectivity index (χ0v) is 17.2. The lowest BCUT2D eigenvalue weighted by molar-refractivity contribution is -0.118. The maximum Gasteiger partial charge on any atom is 0.262 e. The van der Waals surface area contributed by atoms with Crippen molar-refractivity contribution < 1.29 is 14.3 Å². The SMILES string of the molecule is COc1cc(CNCC(C)C)ccc1OCC(=O)Nc1ccccc1C.Cl. The normalized spacial score (nSPS) is 10.3. The van der Waals surface area contributed by atoms with Crippen LogP contribution in [0, 0.1) is 12.8 Å². The lowest BCUT2D eigenvalue weighted by Gasteiger charge is -2.13. The highest BCUT2D eigenvalue weighted by Gasteiger charge is 2.10. The third-order valence-corrected chi connectivity index (χ3v) is 3.89. The standard InChI is InChI=1S/C21H28N2O3.ClH/c1-15(2)12-22-13-17-9-10-19(20(11-17)25-4)26-14-21(24)23-18-8-6-5-7-16(18)3;/h5-11,15,22H,12-14H2,1-4H3,(H,23,24);1H. The van der Waals surface area contributed by atoms with Crippen LogP contribution < -0.4 is 20.1 Å². The van der Waals surface area contributed by atoms with Crippen LogP contribution in [0.3, 0.4) is 0 Å². The molecular formula is C21H29ClN2O3. The molecule has 1 amide bonds. The Morgan fingerprint density at radius 1 is 1.11 bits per heavy atom. The van der Waals surface area contributed by atoms with Gasteiger partial charge in [-0.2, -0.15) is 0 Å². The number of halogens is 1. The number of para-hydroxylation sites is 1. The summed E-state index contributed by atoms with van der Waals surface area (Å²) in [4.78, 5) is 12.1. The van der Waals surface area contributed by atoms with E-state index in [0.717, 1.165) is 29.9 Å². The first-order chi connectivity index (χ1) is 12.5. The summed E-state index contributed by atoms with van der Waals surface area (Å²) < 4.78 is 11.0. The highest BCUT2D eigenvalue weighted by Crippen LogP contribution is 2.28. The summed E-state index contributed by atoms with van der Waals surface area (Å²) in [7, 11) is 1.60. The van der Waals surface area contributed by atoms with Gasteiger partial charge in [0.2, 0.25) is 0 Å². The number of benzene rings is 2. The van der Waals surface area contributed by atoms with Gasteiger partial charge in [0.15, 0.2) is 18.1 Å². The molecule has 2 aromatic carbocycles. The molecule has 0 aliphatic rings. The summed E-state index contributed by atoms with van der Waals surface area (Å²) in [5, 5.41) is 6.25. The van der Waals surface area contributed by atoms with Gasteiger partial charge in [0.05, 0.1) is 7.11 Å². The number of rotatable bonds is 9. The van der Waals surface area contributed by atoms with Gasteiger partial charge in [-0.25, -0.2) is 0 Å². The molecule has 0 unspecified atom stereocenters. The summed E-state index contributed by atoms with van der Waals surface area (Å²) in [5.74, 6) is 1.58. The van der Waals surface area contributed by atoms with Crippen molar-refractivity contribution in [3.05, 3.63) is 53.6 Å². The molecule has 5 nitrogen and oxygen atoms in total. The van der Waals surface area contributed by atoms with Gasteiger partial charge in [0, 0.05) is 12.2 Å². The molecule has 6 heteroatoms. The van der Waals surface area contributed by atoms with E-state index in [1.807, 2.05) is 49.4 Å². The molecule has 0 saturated carbocycles. The highest BCUT2D eigenvalue weighted by molar-refractivity contribution is 5.92. The van der Waals surface area contributed by atoms with Crippen molar-refractivity contribution in [3.8, 4) is 11.5 Å². The Balaban J connectivity index is 0.00000364. The minimum Gasteiger partial charge on any atom is -0.493 e. The van der Waals surface area contributed by atoms with E-state index in [9.17, 15) is 4.79 Å². The molecule has 2 N–H and O–H groups in total. The van der Waals surface area contributed by atoms with Gasteiger partial charge < -0.3 is 20.1 Å². The van der Waals surface area contributed by atoms with Crippen LogP contribution in [-0.2, 0) is 11.3 Å². The predicted molar refractivity (Wildman–Crippen MR) is 112 cm³/mol. The van der Waals surface area contributed by atoms with Gasteiger partial charge in [-0.1, -0.05) is 38.1 Å². The second-order valence-electron chi connectivity index (χ2n) is 6.66. The molecule has 0 radical (unpaired) electrons. The number of methoxy groups -OCH3 is 1. The maximum atomic E-state index is 12.1. The van der Waals surface area contributed by atoms with Crippen molar-refractivity contribution in [2.24, 2.45) is 5.92 Å². The molecular weight excluding hydrogens is 364 g/mol. The number of nitrogens with one attached hydrogen (secondary N) is 2. The Bertz CT molecular complexity index is 735. The number of hydrogen-bond acceptors (Lipinski definition) is 4. The lowest BCUT2D eigenvalue weighted by atomic mass is 10.2. The number of aryl methyl sites for hydroxylation is 1. The second kappa shape index (κ2) is 11.5. The average molecular weight is 393 g/mol. The highest BCUT2D eigenvalue weighted by atomic mass is 35.5. The van der Waals surface area contributed by atoms with Gasteiger partial charge >= 0.3 is 0 Å². The predicted octanol–water partition coefficient (Wildman–Crippen LogP) is 4.19. The van der Waals surface area contributed by atoms with Gasteiger partial charge in [-0.15, -0.1) is 12.4 Å². The number of anilines is 1. The van der Waals surface area contributed by atoms with E-state index < -0.39 is 0 Å². The molecule has 0 bridgehead atoms. The molecule has 27 heavy (non-hydrogen) atoms. The van der Waals surface area contributed by atoms with Gasteiger partial charge in [-0.05, 0) is 48.7 Å². The molecule has 0 fully saturated rings. The van der Waals surface area contributed by atoms with Crippen LogP contribution in [0.4, 0.5) is 5.69 Å². The van der Waals surface area contributed by atoms with Crippen molar-refractivity contribution in [2.45, 2.75) is 27.3 Å². The van der Waals surface area contributed by atoms with Crippen molar-refractivity contribution in [1.29, 1.82) is 0 Å². The lowest BCUT2D eigenvalue weighted by Crippen LogP contribution is -2.21. The fourth-order valence-electron chi connectivity index (χ4n) is 2.49. The fraction of sp³-hybridized carbons (Fsp3) is 0.381. The third-order valence-electron chi connectivity index (χ3n) is 3.89. The fourth-order valence-corrected chi connectivity index (χ4v) is 2.49. The smallest absolute Gasteiger partial charge is 0.262 e. The topological polar surface area (TPSA) is 59.6 Å². The van der Waals surface area contributed by atoms with Crippen molar-refractivity contribution in [1.82, 2.24) is 5.32 Å². The minimum atomic E-state index is -0.205. The molecule has 0 heterocycles. The zero-order chi connectivity index (χ0) is 18.9. The van der Waals surface area contributed by atoms with E-state index in [0.29, 0.717) is 17.4 Å². The first kappa shape index (κ1) is 22.8. The second-order valence-corrected chi connectivity index (χ2v) is 6.66. The number of amides is 1. The van der Waals surface area contributed by atoms with Crippen LogP contribution in [0.25, 0.3) is 0 Å². The quantitative estimate of drug-likeness (QED) is 0.671. The first-order valence-corrected chi connectivity index (χ1v) is 8.85. The van der Waals surface area contributed by atoms with Crippen LogP contribution in [0.5, 0.6) is 11.5 Å². The Labute approximate surface area is 167 Å². The average Bonchev–Trinajstić information content (AvgIpc) is 2.62. The van der Waals surface area contributed by atoms with Gasteiger partial charge in [0.1, 0.15) is 0 Å². The summed E-state index contributed by atoms with van der Waals surface area (Å²) in [6.07, 6.45) is 0. The summed E-state index contributed by atoms with van der Waals surface area (Å²) in [5.41, 5.74) is 2.91. The summed E-state index contributed by atoms with van der Waals surface area (Å²) >= 11 is 0. The Hall–Kier alpha value is -2.24. The number of ether oxygens (including phenoxy) is 2. The van der Waals surface area contributed by atoms with Crippen LogP contribution in [0.15, 0.2) is 42.5 Å². The monoisotopic (exact) mass is 392 g/mol. The Kier molecular flexibility index (Phi) is 9.68. The number of hydrogen-bond donors (Lipinski definition) is 2. The van der Waals surface area contributed by atoms with Crippen LogP contribution in [-0.4, -0.2) is 26.2 Å². The zero-order valence-electron chi connectivity index (χ0n) is 16.4. The molecule has 0 saturated heterocycles. The van der Waals surface area contributed by atoms with Crippen molar-refractivity contribution in [3.63, 3.8) is 0 Å². The molecule has 0 atom stereocenters. The largest absolute Gasteiger partial charge is 0.493 e. The molecule has 0 aliphatic heterocycles. The van der Waals surface area contributed by atoms with E-state index in [4.69, 9.17) is 9.47 Å². The number of carbonyl (C=O) groups excluding carboxylic acids is 1. The van der Waals surface area contributed by atoms with Crippen LogP contribution in [0.2, 0.25) is 0 Å². The summed E-state index contributed by atoms with van der Waals surface area (Å²) in [6, 6.07) is 13.4. The van der Waals surface area contributed by atoms with E-state index in [-0.39, 0.29) is 24.9 Å². The van der Waals surface area contributed by atoms with E-state index >= 15 is 0 Å². The van der Waals surface area contributed by atoms with Crippen molar-refractivity contribution >= 4 is 24.0 Å². The molecule has 0 aromatic heterocycles. The van der Waals surface area contributed by atoms with Crippen molar-refractivity contribution in [2.75, 3.05) is 25.6 Å². The minimum absolute atomic E-state index is 0. The van der Waals surface area contributed by atoms with Crippen LogP contribution >= 0.6 is 12.4 Å². The maximum absolute atomic E-state index is 12.1. The van der Waals surface area contributed by atoms with Gasteiger partial charge in [0.25, 0.3) is 5.91 Å². The number of carbonyl (C=O) groups is 1. The van der Waals surface area contributed by atoms with Gasteiger partial charge in [-0.3, -0.25) is 4.79 Å². The Morgan fingerprint density at radius 2 is 1.85 bits per heavy atom. The van der Waals surface area contributed by atoms with Crippen LogP contribution in [0.1, 0.15) is 25.0 Å². The molecule has 148 valence electrons. The van der Waals surface area contributed by atoms with E-state index in [1.54, 1.807) is 7.11 Å². The molecule has 2 aromatic rings. The molecule has 0 spiro atoms. The first-order valence-electron chi connectivity index (χ1n) is 8.85. The molecule has 0 aliphatic carbocycles. The van der Waals surface area contributed by atoms with E-state index in [1.165, 1.54) is 0 Å². The summed E-state index contributed by atoms with van der Waals surface area (Å²) in [6.45, 7) is 7.95.